The summed E-state index contributed by atoms with van der Waals surface area (Å²) in [6, 6.07) is 11.2. The standard InChI is InChI=1S/C20H18N4O2/c1-25-15-9-13(21)19-11(5-3-7-23-19)17(15)18-12-6-4-8-24-20(12)14(22)10-16(18)26-2/h3-10H,21-22H2,1-2H3. The van der Waals surface area contributed by atoms with Crippen LogP contribution in [0.15, 0.2) is 48.8 Å². The molecule has 4 rings (SSSR count). The highest BCUT2D eigenvalue weighted by atomic mass is 16.5. The minimum absolute atomic E-state index is 0.554. The molecule has 0 fully saturated rings. The van der Waals surface area contributed by atoms with Crippen molar-refractivity contribution in [1.82, 2.24) is 9.97 Å². The van der Waals surface area contributed by atoms with Crippen LogP contribution in [0.1, 0.15) is 0 Å². The fraction of sp³-hybridized carbons (Fsp3) is 0.100. The Morgan fingerprint density at radius 3 is 1.54 bits per heavy atom. The molecule has 4 aromatic rings. The van der Waals surface area contributed by atoms with Crippen molar-refractivity contribution in [2.24, 2.45) is 0 Å². The molecule has 0 bridgehead atoms. The van der Waals surface area contributed by atoms with Gasteiger partial charge in [-0.05, 0) is 12.1 Å². The minimum atomic E-state index is 0.554. The van der Waals surface area contributed by atoms with Crippen molar-refractivity contribution in [1.29, 1.82) is 0 Å². The normalized spacial score (nSPS) is 11.0. The molecule has 130 valence electrons. The van der Waals surface area contributed by atoms with Crippen molar-refractivity contribution in [3.8, 4) is 22.6 Å². The number of benzene rings is 2. The number of anilines is 2. The second-order valence-corrected chi connectivity index (χ2v) is 5.89. The van der Waals surface area contributed by atoms with Crippen LogP contribution >= 0.6 is 0 Å². The lowest BCUT2D eigenvalue weighted by Gasteiger charge is -2.18. The Kier molecular flexibility index (Phi) is 3.73. The van der Waals surface area contributed by atoms with Gasteiger partial charge in [0.05, 0.1) is 36.6 Å². The van der Waals surface area contributed by atoms with Gasteiger partial charge < -0.3 is 20.9 Å². The second-order valence-electron chi connectivity index (χ2n) is 5.89. The molecule has 0 spiro atoms. The summed E-state index contributed by atoms with van der Waals surface area (Å²) >= 11 is 0. The Hall–Kier alpha value is -3.54. The molecule has 6 nitrogen and oxygen atoms in total. The van der Waals surface area contributed by atoms with Crippen molar-refractivity contribution < 1.29 is 9.47 Å². The van der Waals surface area contributed by atoms with E-state index in [-0.39, 0.29) is 0 Å². The lowest BCUT2D eigenvalue weighted by Crippen LogP contribution is -2.00. The summed E-state index contributed by atoms with van der Waals surface area (Å²) in [5.41, 5.74) is 16.6. The van der Waals surface area contributed by atoms with Gasteiger partial charge in [-0.1, -0.05) is 12.1 Å². The van der Waals surface area contributed by atoms with Crippen molar-refractivity contribution >= 4 is 33.2 Å². The molecule has 0 atom stereocenters. The number of nitrogens with zero attached hydrogens (tertiary/aromatic N) is 2. The van der Waals surface area contributed by atoms with E-state index in [1.165, 1.54) is 0 Å². The molecule has 26 heavy (non-hydrogen) atoms. The Balaban J connectivity index is 2.24. The average Bonchev–Trinajstić information content (AvgIpc) is 2.68. The van der Waals surface area contributed by atoms with Crippen molar-refractivity contribution in [2.45, 2.75) is 0 Å². The van der Waals surface area contributed by atoms with Crippen LogP contribution in [0.3, 0.4) is 0 Å². The molecule has 0 aliphatic heterocycles. The fourth-order valence-corrected chi connectivity index (χ4v) is 3.34. The number of methoxy groups -OCH3 is 2. The molecule has 0 aliphatic rings. The summed E-state index contributed by atoms with van der Waals surface area (Å²) in [5.74, 6) is 1.27. The number of hydrogen-bond donors (Lipinski definition) is 2. The number of fused-ring (bicyclic) bond motifs is 2. The van der Waals surface area contributed by atoms with Gasteiger partial charge in [-0.2, -0.15) is 0 Å². The van der Waals surface area contributed by atoms with Gasteiger partial charge in [0.25, 0.3) is 0 Å². The summed E-state index contributed by atoms with van der Waals surface area (Å²) in [7, 11) is 3.23. The highest BCUT2D eigenvalue weighted by molar-refractivity contribution is 6.12. The lowest BCUT2D eigenvalue weighted by atomic mass is 9.93. The van der Waals surface area contributed by atoms with Crippen LogP contribution in [0.2, 0.25) is 0 Å². The van der Waals surface area contributed by atoms with Gasteiger partial charge in [-0.3, -0.25) is 9.97 Å². The lowest BCUT2D eigenvalue weighted by molar-refractivity contribution is 0.411. The molecule has 2 aromatic carbocycles. The van der Waals surface area contributed by atoms with Gasteiger partial charge in [0.2, 0.25) is 0 Å². The molecule has 0 saturated heterocycles. The van der Waals surface area contributed by atoms with Crippen molar-refractivity contribution in [2.75, 3.05) is 25.7 Å². The highest BCUT2D eigenvalue weighted by Gasteiger charge is 2.21. The van der Waals surface area contributed by atoms with E-state index in [0.717, 1.165) is 21.9 Å². The molecular weight excluding hydrogens is 328 g/mol. The maximum absolute atomic E-state index is 6.18. The van der Waals surface area contributed by atoms with Crippen LogP contribution in [0.5, 0.6) is 11.5 Å². The monoisotopic (exact) mass is 346 g/mol. The molecule has 4 N–H and O–H groups in total. The van der Waals surface area contributed by atoms with Crippen LogP contribution in [-0.2, 0) is 0 Å². The topological polar surface area (TPSA) is 96.3 Å². The van der Waals surface area contributed by atoms with Gasteiger partial charge >= 0.3 is 0 Å². The van der Waals surface area contributed by atoms with E-state index in [2.05, 4.69) is 9.97 Å². The van der Waals surface area contributed by atoms with Gasteiger partial charge in [-0.15, -0.1) is 0 Å². The molecule has 0 amide bonds. The van der Waals surface area contributed by atoms with E-state index in [9.17, 15) is 0 Å². The Morgan fingerprint density at radius 1 is 0.731 bits per heavy atom. The van der Waals surface area contributed by atoms with Gasteiger partial charge in [0, 0.05) is 46.4 Å². The van der Waals surface area contributed by atoms with Crippen molar-refractivity contribution in [3.63, 3.8) is 0 Å². The summed E-state index contributed by atoms with van der Waals surface area (Å²) < 4.78 is 11.3. The zero-order valence-electron chi connectivity index (χ0n) is 14.5. The average molecular weight is 346 g/mol. The quantitative estimate of drug-likeness (QED) is 0.550. The largest absolute Gasteiger partial charge is 0.496 e. The van der Waals surface area contributed by atoms with E-state index in [4.69, 9.17) is 20.9 Å². The molecule has 2 heterocycles. The predicted molar refractivity (Wildman–Crippen MR) is 104 cm³/mol. The number of ether oxygens (including phenoxy) is 2. The first kappa shape index (κ1) is 16.0. The summed E-state index contributed by atoms with van der Waals surface area (Å²) in [5, 5.41) is 1.75. The fourth-order valence-electron chi connectivity index (χ4n) is 3.34. The third-order valence-electron chi connectivity index (χ3n) is 4.46. The van der Waals surface area contributed by atoms with E-state index >= 15 is 0 Å². The van der Waals surface area contributed by atoms with E-state index < -0.39 is 0 Å². The molecule has 2 aromatic heterocycles. The summed E-state index contributed by atoms with van der Waals surface area (Å²) in [6.45, 7) is 0. The summed E-state index contributed by atoms with van der Waals surface area (Å²) in [4.78, 5) is 8.87. The SMILES string of the molecule is COc1cc(N)c2ncccc2c1-c1c(OC)cc(N)c2ncccc12. The number of hydrogen-bond acceptors (Lipinski definition) is 6. The Labute approximate surface area is 150 Å². The van der Waals surface area contributed by atoms with Gasteiger partial charge in [-0.25, -0.2) is 0 Å². The molecule has 0 unspecified atom stereocenters. The number of nitrogens with two attached hydrogens (primary N) is 2. The molecule has 0 saturated carbocycles. The molecular formula is C20H18N4O2. The van der Waals surface area contributed by atoms with E-state index in [0.29, 0.717) is 33.9 Å². The first-order chi connectivity index (χ1) is 12.7. The predicted octanol–water partition coefficient (Wildman–Crippen LogP) is 3.63. The van der Waals surface area contributed by atoms with Gasteiger partial charge in [0.1, 0.15) is 11.5 Å². The second kappa shape index (κ2) is 6.07. The zero-order valence-corrected chi connectivity index (χ0v) is 14.5. The van der Waals surface area contributed by atoms with Crippen LogP contribution in [0, 0.1) is 0 Å². The molecule has 6 heteroatoms. The van der Waals surface area contributed by atoms with E-state index in [1.54, 1.807) is 38.7 Å². The third kappa shape index (κ3) is 2.27. The Morgan fingerprint density at radius 2 is 1.15 bits per heavy atom. The first-order valence-electron chi connectivity index (χ1n) is 8.08. The molecule has 0 aliphatic carbocycles. The maximum Gasteiger partial charge on any atom is 0.129 e. The number of nitrogen functional groups attached to an aromatic ring is 2. The van der Waals surface area contributed by atoms with Crippen molar-refractivity contribution in [3.05, 3.63) is 48.8 Å². The zero-order chi connectivity index (χ0) is 18.3. The van der Waals surface area contributed by atoms with E-state index in [1.807, 2.05) is 24.3 Å². The number of aromatic nitrogens is 2. The van der Waals surface area contributed by atoms with Crippen LogP contribution in [0.4, 0.5) is 11.4 Å². The van der Waals surface area contributed by atoms with Crippen LogP contribution < -0.4 is 20.9 Å². The summed E-state index contributed by atoms with van der Waals surface area (Å²) in [6.07, 6.45) is 3.43. The highest BCUT2D eigenvalue weighted by Crippen LogP contribution is 2.47. The van der Waals surface area contributed by atoms with Gasteiger partial charge in [0.15, 0.2) is 0 Å². The minimum Gasteiger partial charge on any atom is -0.496 e. The first-order valence-corrected chi connectivity index (χ1v) is 8.08. The van der Waals surface area contributed by atoms with Crippen LogP contribution in [-0.4, -0.2) is 24.2 Å². The number of rotatable bonds is 3. The number of pyridine rings is 2. The van der Waals surface area contributed by atoms with Crippen LogP contribution in [0.25, 0.3) is 32.9 Å². The maximum atomic E-state index is 6.18. The molecule has 0 radical (unpaired) electrons. The Bertz CT molecular complexity index is 1050. The smallest absolute Gasteiger partial charge is 0.129 e. The third-order valence-corrected chi connectivity index (χ3v) is 4.46.